The van der Waals surface area contributed by atoms with Crippen molar-refractivity contribution in [2.45, 2.75) is 32.6 Å². The molecule has 1 aliphatic rings. The lowest BCUT2D eigenvalue weighted by Gasteiger charge is -2.13. The lowest BCUT2D eigenvalue weighted by Crippen LogP contribution is -2.21. The summed E-state index contributed by atoms with van der Waals surface area (Å²) in [6, 6.07) is 3.23. The summed E-state index contributed by atoms with van der Waals surface area (Å²) in [4.78, 5) is 12.4. The SMILES string of the molecule is CCC1CCCC1=NNC(=O)c1cc(OC)c(OC)c(OC)c1. The van der Waals surface area contributed by atoms with Crippen molar-refractivity contribution in [2.24, 2.45) is 11.0 Å². The summed E-state index contributed by atoms with van der Waals surface area (Å²) in [6.45, 7) is 2.15. The first-order chi connectivity index (χ1) is 11.1. The standard InChI is InChI=1S/C17H24N2O4/c1-5-11-7-6-8-13(11)18-19-17(20)12-9-14(21-2)16(23-4)15(10-12)22-3/h9-11H,5-8H2,1-4H3,(H,19,20). The van der Waals surface area contributed by atoms with Crippen molar-refractivity contribution in [1.29, 1.82) is 0 Å². The van der Waals surface area contributed by atoms with Crippen LogP contribution in [0.15, 0.2) is 17.2 Å². The molecule has 1 fully saturated rings. The van der Waals surface area contributed by atoms with Crippen LogP contribution < -0.4 is 19.6 Å². The molecule has 0 bridgehead atoms. The predicted octanol–water partition coefficient (Wildman–Crippen LogP) is 3.01. The molecular formula is C17H24N2O4. The lowest BCUT2D eigenvalue weighted by atomic mass is 10.0. The average molecular weight is 320 g/mol. The van der Waals surface area contributed by atoms with Gasteiger partial charge < -0.3 is 14.2 Å². The van der Waals surface area contributed by atoms with E-state index in [1.807, 2.05) is 0 Å². The fourth-order valence-electron chi connectivity index (χ4n) is 2.89. The zero-order valence-electron chi connectivity index (χ0n) is 14.1. The van der Waals surface area contributed by atoms with Crippen LogP contribution in [0.5, 0.6) is 17.2 Å². The summed E-state index contributed by atoms with van der Waals surface area (Å²) < 4.78 is 15.8. The highest BCUT2D eigenvalue weighted by atomic mass is 16.5. The van der Waals surface area contributed by atoms with Crippen molar-refractivity contribution in [3.8, 4) is 17.2 Å². The highest BCUT2D eigenvalue weighted by Crippen LogP contribution is 2.38. The van der Waals surface area contributed by atoms with Gasteiger partial charge in [-0.3, -0.25) is 4.79 Å². The maximum absolute atomic E-state index is 12.4. The normalized spacial score (nSPS) is 18.8. The van der Waals surface area contributed by atoms with Gasteiger partial charge in [0.1, 0.15) is 0 Å². The molecule has 0 radical (unpaired) electrons. The van der Waals surface area contributed by atoms with Crippen LogP contribution in [-0.4, -0.2) is 32.9 Å². The molecule has 6 heteroatoms. The van der Waals surface area contributed by atoms with Gasteiger partial charge >= 0.3 is 0 Å². The first-order valence-electron chi connectivity index (χ1n) is 7.81. The van der Waals surface area contributed by atoms with Crippen LogP contribution in [-0.2, 0) is 0 Å². The Labute approximate surface area is 136 Å². The number of carbonyl (C=O) groups excluding carboxylic acids is 1. The molecule has 2 rings (SSSR count). The molecule has 1 aromatic rings. The Balaban J connectivity index is 2.20. The minimum absolute atomic E-state index is 0.293. The van der Waals surface area contributed by atoms with Crippen LogP contribution in [0.4, 0.5) is 0 Å². The van der Waals surface area contributed by atoms with Gasteiger partial charge in [-0.2, -0.15) is 5.10 Å². The molecule has 126 valence electrons. The van der Waals surface area contributed by atoms with Crippen molar-refractivity contribution in [1.82, 2.24) is 5.43 Å². The molecule has 0 aromatic heterocycles. The van der Waals surface area contributed by atoms with Gasteiger partial charge in [0.05, 0.1) is 21.3 Å². The number of methoxy groups -OCH3 is 3. The zero-order chi connectivity index (χ0) is 16.8. The van der Waals surface area contributed by atoms with Crippen LogP contribution in [0, 0.1) is 5.92 Å². The van der Waals surface area contributed by atoms with E-state index in [9.17, 15) is 4.79 Å². The van der Waals surface area contributed by atoms with E-state index < -0.39 is 0 Å². The van der Waals surface area contributed by atoms with Crippen LogP contribution in [0.3, 0.4) is 0 Å². The number of carbonyl (C=O) groups is 1. The molecule has 1 amide bonds. The summed E-state index contributed by atoms with van der Waals surface area (Å²) in [5.74, 6) is 1.53. The smallest absolute Gasteiger partial charge is 0.271 e. The van der Waals surface area contributed by atoms with Crippen molar-refractivity contribution in [2.75, 3.05) is 21.3 Å². The minimum atomic E-state index is -0.293. The Morgan fingerprint density at radius 3 is 2.39 bits per heavy atom. The van der Waals surface area contributed by atoms with E-state index in [0.29, 0.717) is 28.7 Å². The monoisotopic (exact) mass is 320 g/mol. The maximum Gasteiger partial charge on any atom is 0.271 e. The van der Waals surface area contributed by atoms with Crippen molar-refractivity contribution in [3.05, 3.63) is 17.7 Å². The molecule has 0 saturated heterocycles. The number of ether oxygens (including phenoxy) is 3. The van der Waals surface area contributed by atoms with Gasteiger partial charge in [0.2, 0.25) is 5.75 Å². The molecular weight excluding hydrogens is 296 g/mol. The third-order valence-electron chi connectivity index (χ3n) is 4.18. The largest absolute Gasteiger partial charge is 0.493 e. The fraction of sp³-hybridized carbons (Fsp3) is 0.529. The number of hydrogen-bond donors (Lipinski definition) is 1. The molecule has 1 saturated carbocycles. The molecule has 1 N–H and O–H groups in total. The number of benzene rings is 1. The first-order valence-corrected chi connectivity index (χ1v) is 7.81. The number of hydrogen-bond acceptors (Lipinski definition) is 5. The molecule has 23 heavy (non-hydrogen) atoms. The van der Waals surface area contributed by atoms with Crippen LogP contribution >= 0.6 is 0 Å². The molecule has 1 aliphatic carbocycles. The Morgan fingerprint density at radius 1 is 1.22 bits per heavy atom. The van der Waals surface area contributed by atoms with E-state index in [4.69, 9.17) is 14.2 Å². The van der Waals surface area contributed by atoms with E-state index in [1.165, 1.54) is 21.3 Å². The van der Waals surface area contributed by atoms with Crippen molar-refractivity contribution < 1.29 is 19.0 Å². The Kier molecular flexibility index (Phi) is 5.84. The third kappa shape index (κ3) is 3.75. The topological polar surface area (TPSA) is 69.2 Å². The quantitative estimate of drug-likeness (QED) is 0.818. The van der Waals surface area contributed by atoms with E-state index >= 15 is 0 Å². The summed E-state index contributed by atoms with van der Waals surface area (Å²) in [5.41, 5.74) is 4.13. The third-order valence-corrected chi connectivity index (χ3v) is 4.18. The Morgan fingerprint density at radius 2 is 1.87 bits per heavy atom. The van der Waals surface area contributed by atoms with Crippen molar-refractivity contribution in [3.63, 3.8) is 0 Å². The van der Waals surface area contributed by atoms with Crippen molar-refractivity contribution >= 4 is 11.6 Å². The molecule has 6 nitrogen and oxygen atoms in total. The summed E-state index contributed by atoms with van der Waals surface area (Å²) in [6.07, 6.45) is 4.29. The summed E-state index contributed by atoms with van der Waals surface area (Å²) in [7, 11) is 4.56. The molecule has 1 unspecified atom stereocenters. The highest BCUT2D eigenvalue weighted by molar-refractivity contribution is 5.97. The van der Waals surface area contributed by atoms with Crippen LogP contribution in [0.1, 0.15) is 43.0 Å². The fourth-order valence-corrected chi connectivity index (χ4v) is 2.89. The molecule has 1 aromatic carbocycles. The van der Waals surface area contributed by atoms with E-state index in [2.05, 4.69) is 17.5 Å². The van der Waals surface area contributed by atoms with E-state index in [0.717, 1.165) is 31.4 Å². The van der Waals surface area contributed by atoms with E-state index in [1.54, 1.807) is 12.1 Å². The van der Waals surface area contributed by atoms with Gasteiger partial charge in [-0.05, 0) is 43.7 Å². The molecule has 0 aliphatic heterocycles. The second-order valence-corrected chi connectivity index (χ2v) is 5.46. The second kappa shape index (κ2) is 7.85. The second-order valence-electron chi connectivity index (χ2n) is 5.46. The van der Waals surface area contributed by atoms with Gasteiger partial charge in [-0.25, -0.2) is 5.43 Å². The maximum atomic E-state index is 12.4. The summed E-state index contributed by atoms with van der Waals surface area (Å²) in [5, 5.41) is 4.31. The minimum Gasteiger partial charge on any atom is -0.493 e. The number of amides is 1. The van der Waals surface area contributed by atoms with E-state index in [-0.39, 0.29) is 5.91 Å². The van der Waals surface area contributed by atoms with Gasteiger partial charge in [0.25, 0.3) is 5.91 Å². The highest BCUT2D eigenvalue weighted by Gasteiger charge is 2.21. The van der Waals surface area contributed by atoms with Gasteiger partial charge in [-0.15, -0.1) is 0 Å². The number of hydrazone groups is 1. The van der Waals surface area contributed by atoms with Crippen LogP contribution in [0.25, 0.3) is 0 Å². The Bertz CT molecular complexity index is 573. The zero-order valence-corrected chi connectivity index (χ0v) is 14.1. The van der Waals surface area contributed by atoms with Crippen LogP contribution in [0.2, 0.25) is 0 Å². The van der Waals surface area contributed by atoms with Gasteiger partial charge in [0, 0.05) is 11.3 Å². The number of nitrogens with one attached hydrogen (secondary N) is 1. The first kappa shape index (κ1) is 17.1. The lowest BCUT2D eigenvalue weighted by molar-refractivity contribution is 0.0953. The number of nitrogens with zero attached hydrogens (tertiary/aromatic N) is 1. The molecule has 1 atom stereocenters. The molecule has 0 heterocycles. The summed E-state index contributed by atoms with van der Waals surface area (Å²) >= 11 is 0. The molecule has 0 spiro atoms. The predicted molar refractivity (Wildman–Crippen MR) is 88.6 cm³/mol. The number of rotatable bonds is 6. The Hall–Kier alpha value is -2.24. The average Bonchev–Trinajstić information content (AvgIpc) is 3.05. The van der Waals surface area contributed by atoms with Gasteiger partial charge in [-0.1, -0.05) is 6.92 Å². The van der Waals surface area contributed by atoms with Gasteiger partial charge in [0.15, 0.2) is 11.5 Å².